The topological polar surface area (TPSA) is 81.7 Å². The molecule has 1 atom stereocenters. The van der Waals surface area contributed by atoms with Crippen molar-refractivity contribution in [2.24, 2.45) is 0 Å². The van der Waals surface area contributed by atoms with Gasteiger partial charge in [0.1, 0.15) is 6.04 Å². The number of hydrogen-bond acceptors (Lipinski definition) is 4. The highest BCUT2D eigenvalue weighted by Crippen LogP contribution is 2.23. The molecule has 1 rings (SSSR count). The Hall–Kier alpha value is -1.63. The molecule has 0 fully saturated rings. The van der Waals surface area contributed by atoms with Gasteiger partial charge in [-0.25, -0.2) is 0 Å². The number of rotatable bonds is 9. The zero-order chi connectivity index (χ0) is 17.4. The molecule has 3 N–H and O–H groups in total. The Morgan fingerprint density at radius 1 is 1.35 bits per heavy atom. The number of aliphatic carboxylic acids is 1. The summed E-state index contributed by atoms with van der Waals surface area (Å²) in [4.78, 5) is 25.3. The molecule has 1 amide bonds. The number of hydrogen-bond donors (Lipinski definition) is 3. The van der Waals surface area contributed by atoms with Gasteiger partial charge in [0.15, 0.2) is 0 Å². The number of nitrogens with one attached hydrogen (secondary N) is 2. The monoisotopic (exact) mass is 341 g/mol. The highest BCUT2D eigenvalue weighted by Gasteiger charge is 2.21. The molecule has 0 bridgehead atoms. The summed E-state index contributed by atoms with van der Waals surface area (Å²) >= 11 is 6.00. The van der Waals surface area contributed by atoms with Crippen LogP contribution in [-0.2, 0) is 9.59 Å². The minimum absolute atomic E-state index is 0.136. The number of nitrogens with zero attached hydrogens (tertiary/aromatic N) is 1. The van der Waals surface area contributed by atoms with Crippen molar-refractivity contribution in [1.29, 1.82) is 0 Å². The fourth-order valence-corrected chi connectivity index (χ4v) is 2.22. The van der Waals surface area contributed by atoms with Crippen LogP contribution in [0.1, 0.15) is 18.4 Å². The maximum absolute atomic E-state index is 12.1. The lowest BCUT2D eigenvalue weighted by Gasteiger charge is -2.16. The van der Waals surface area contributed by atoms with E-state index >= 15 is 0 Å². The van der Waals surface area contributed by atoms with Gasteiger partial charge in [0.25, 0.3) is 0 Å². The largest absolute Gasteiger partial charge is 0.480 e. The van der Waals surface area contributed by atoms with Gasteiger partial charge in [-0.3, -0.25) is 9.59 Å². The second-order valence-electron chi connectivity index (χ2n) is 5.67. The molecule has 6 nitrogen and oxygen atoms in total. The van der Waals surface area contributed by atoms with Crippen LogP contribution in [0.2, 0.25) is 5.02 Å². The Kier molecular flexibility index (Phi) is 8.02. The van der Waals surface area contributed by atoms with E-state index in [1.54, 1.807) is 25.1 Å². The summed E-state index contributed by atoms with van der Waals surface area (Å²) in [6, 6.07) is 4.30. The molecule has 1 aromatic carbocycles. The summed E-state index contributed by atoms with van der Waals surface area (Å²) in [5.74, 6) is -1.39. The molecule has 0 saturated heterocycles. The highest BCUT2D eigenvalue weighted by atomic mass is 35.5. The summed E-state index contributed by atoms with van der Waals surface area (Å²) in [7, 11) is 3.91. The van der Waals surface area contributed by atoms with Crippen LogP contribution >= 0.6 is 11.6 Å². The number of carboxylic acids is 1. The number of carboxylic acid groups (broad SMARTS) is 1. The normalized spacial score (nSPS) is 12.2. The minimum Gasteiger partial charge on any atom is -0.480 e. The van der Waals surface area contributed by atoms with Gasteiger partial charge in [-0.2, -0.15) is 0 Å². The van der Waals surface area contributed by atoms with Crippen molar-refractivity contribution in [2.45, 2.75) is 25.8 Å². The first-order valence-electron chi connectivity index (χ1n) is 7.47. The van der Waals surface area contributed by atoms with Gasteiger partial charge >= 0.3 is 5.97 Å². The van der Waals surface area contributed by atoms with E-state index in [1.165, 1.54) is 0 Å². The fraction of sp³-hybridized carbons (Fsp3) is 0.500. The minimum atomic E-state index is -1.03. The summed E-state index contributed by atoms with van der Waals surface area (Å²) < 4.78 is 0. The molecule has 0 radical (unpaired) electrons. The Bertz CT molecular complexity index is 549. The molecule has 0 heterocycles. The second-order valence-corrected chi connectivity index (χ2v) is 6.07. The van der Waals surface area contributed by atoms with E-state index in [4.69, 9.17) is 11.6 Å². The average molecular weight is 342 g/mol. The van der Waals surface area contributed by atoms with Crippen molar-refractivity contribution < 1.29 is 14.7 Å². The van der Waals surface area contributed by atoms with Crippen LogP contribution in [0.15, 0.2) is 18.2 Å². The van der Waals surface area contributed by atoms with Crippen LogP contribution in [0.5, 0.6) is 0 Å². The van der Waals surface area contributed by atoms with E-state index in [0.717, 1.165) is 18.5 Å². The van der Waals surface area contributed by atoms with Gasteiger partial charge in [0.2, 0.25) is 5.91 Å². The number of halogens is 1. The Morgan fingerprint density at radius 2 is 2.04 bits per heavy atom. The van der Waals surface area contributed by atoms with Crippen LogP contribution in [0.25, 0.3) is 0 Å². The molecule has 0 unspecified atom stereocenters. The van der Waals surface area contributed by atoms with Crippen molar-refractivity contribution >= 4 is 29.2 Å². The summed E-state index contributed by atoms with van der Waals surface area (Å²) in [5.41, 5.74) is 1.35. The number of anilines is 1. The van der Waals surface area contributed by atoms with Crippen LogP contribution < -0.4 is 10.6 Å². The number of carbonyl (C=O) groups excluding carboxylic acids is 1. The number of benzene rings is 1. The van der Waals surface area contributed by atoms with Crippen molar-refractivity contribution in [1.82, 2.24) is 10.2 Å². The predicted octanol–water partition coefficient (Wildman–Crippen LogP) is 1.97. The van der Waals surface area contributed by atoms with E-state index in [-0.39, 0.29) is 12.3 Å². The van der Waals surface area contributed by atoms with Crippen molar-refractivity contribution in [3.8, 4) is 0 Å². The van der Waals surface area contributed by atoms with Crippen molar-refractivity contribution in [2.75, 3.05) is 32.5 Å². The van der Waals surface area contributed by atoms with Gasteiger partial charge < -0.3 is 20.6 Å². The maximum atomic E-state index is 12.1. The van der Waals surface area contributed by atoms with E-state index in [1.807, 2.05) is 19.0 Å². The molecule has 0 saturated carbocycles. The fourth-order valence-electron chi connectivity index (χ4n) is 2.05. The molecule has 0 aliphatic rings. The zero-order valence-electron chi connectivity index (χ0n) is 13.7. The third-order valence-corrected chi connectivity index (χ3v) is 3.81. The van der Waals surface area contributed by atoms with E-state index < -0.39 is 12.0 Å². The van der Waals surface area contributed by atoms with Crippen molar-refractivity contribution in [3.05, 3.63) is 28.8 Å². The molecule has 128 valence electrons. The molecular formula is C16H24ClN3O3. The third kappa shape index (κ3) is 6.99. The van der Waals surface area contributed by atoms with Crippen LogP contribution in [0.4, 0.5) is 5.69 Å². The molecular weight excluding hydrogens is 318 g/mol. The lowest BCUT2D eigenvalue weighted by Crippen LogP contribution is -2.40. The van der Waals surface area contributed by atoms with Gasteiger partial charge in [-0.05, 0) is 58.2 Å². The molecule has 0 aromatic heterocycles. The molecule has 0 spiro atoms. The summed E-state index contributed by atoms with van der Waals surface area (Å²) in [6.07, 6.45) is 0.676. The maximum Gasteiger partial charge on any atom is 0.321 e. The lowest BCUT2D eigenvalue weighted by molar-refractivity contribution is -0.141. The van der Waals surface area contributed by atoms with E-state index in [0.29, 0.717) is 17.3 Å². The second kappa shape index (κ2) is 9.50. The third-order valence-electron chi connectivity index (χ3n) is 3.40. The first-order chi connectivity index (χ1) is 10.8. The van der Waals surface area contributed by atoms with E-state index in [9.17, 15) is 14.7 Å². The van der Waals surface area contributed by atoms with Crippen LogP contribution in [-0.4, -0.2) is 55.1 Å². The Balaban J connectivity index is 2.54. The smallest absolute Gasteiger partial charge is 0.321 e. The number of carbonyl (C=O) groups is 2. The van der Waals surface area contributed by atoms with Gasteiger partial charge in [-0.15, -0.1) is 0 Å². The SMILES string of the molecule is Cc1c(Cl)cccc1NC(=O)C[C@@H](NCCCN(C)C)C(=O)O. The highest BCUT2D eigenvalue weighted by molar-refractivity contribution is 6.31. The van der Waals surface area contributed by atoms with Crippen molar-refractivity contribution in [3.63, 3.8) is 0 Å². The first kappa shape index (κ1) is 19.4. The molecule has 23 heavy (non-hydrogen) atoms. The summed E-state index contributed by atoms with van der Waals surface area (Å²) in [6.45, 7) is 3.19. The molecule has 0 aliphatic carbocycles. The van der Waals surface area contributed by atoms with Gasteiger partial charge in [0, 0.05) is 10.7 Å². The quantitative estimate of drug-likeness (QED) is 0.598. The summed E-state index contributed by atoms with van der Waals surface area (Å²) in [5, 5.41) is 15.4. The van der Waals surface area contributed by atoms with Gasteiger partial charge in [0.05, 0.1) is 6.42 Å². The Labute approximate surface area is 141 Å². The average Bonchev–Trinajstić information content (AvgIpc) is 2.46. The number of amides is 1. The molecule has 1 aromatic rings. The van der Waals surface area contributed by atoms with Crippen LogP contribution in [0.3, 0.4) is 0 Å². The lowest BCUT2D eigenvalue weighted by atomic mass is 10.1. The zero-order valence-corrected chi connectivity index (χ0v) is 14.5. The van der Waals surface area contributed by atoms with E-state index in [2.05, 4.69) is 10.6 Å². The predicted molar refractivity (Wildman–Crippen MR) is 92.0 cm³/mol. The molecule has 0 aliphatic heterocycles. The van der Waals surface area contributed by atoms with Crippen LogP contribution in [0, 0.1) is 6.92 Å². The first-order valence-corrected chi connectivity index (χ1v) is 7.85. The van der Waals surface area contributed by atoms with Gasteiger partial charge in [-0.1, -0.05) is 17.7 Å². The Morgan fingerprint density at radius 3 is 2.65 bits per heavy atom. The standard InChI is InChI=1S/C16H24ClN3O3/c1-11-12(17)6-4-7-13(11)19-15(21)10-14(16(22)23)18-8-5-9-20(2)3/h4,6-7,14,18H,5,8-10H2,1-3H3,(H,19,21)(H,22,23)/t14-/m1/s1. The molecule has 7 heteroatoms.